The van der Waals surface area contributed by atoms with Crippen molar-refractivity contribution in [3.63, 3.8) is 0 Å². The number of thiophene rings is 1. The van der Waals surface area contributed by atoms with E-state index in [1.54, 1.807) is 18.2 Å². The summed E-state index contributed by atoms with van der Waals surface area (Å²) in [5.41, 5.74) is 0.780. The summed E-state index contributed by atoms with van der Waals surface area (Å²) >= 11 is 6.82. The molecule has 0 radical (unpaired) electrons. The number of halogens is 2. The molecular formula is C19H19ClFN3O5S. The van der Waals surface area contributed by atoms with Gasteiger partial charge in [0.1, 0.15) is 17.2 Å². The van der Waals surface area contributed by atoms with Gasteiger partial charge in [0.25, 0.3) is 0 Å². The molecule has 2 aliphatic heterocycles. The summed E-state index contributed by atoms with van der Waals surface area (Å²) < 4.78 is 25.6. The van der Waals surface area contributed by atoms with Gasteiger partial charge in [0, 0.05) is 13.1 Å². The Kier molecular flexibility index (Phi) is 6.21. The highest BCUT2D eigenvalue weighted by atomic mass is 35.5. The third kappa shape index (κ3) is 4.42. The Labute approximate surface area is 180 Å². The third-order valence-corrected chi connectivity index (χ3v) is 6.16. The van der Waals surface area contributed by atoms with E-state index in [2.05, 4.69) is 0 Å². The van der Waals surface area contributed by atoms with Crippen molar-refractivity contribution in [2.75, 3.05) is 49.2 Å². The number of carbonyl (C=O) groups is 2. The number of hydrogen-bond acceptors (Lipinski definition) is 7. The topological polar surface area (TPSA) is 86.6 Å². The SMILES string of the molecule is O=C1O[C@H](C[NH+]([O-])C(=O)c2ccc(Cl)s2)CN1c1ccc(N2CCOCC2)c(F)c1. The van der Waals surface area contributed by atoms with Crippen LogP contribution in [-0.4, -0.2) is 57.5 Å². The van der Waals surface area contributed by atoms with Crippen LogP contribution >= 0.6 is 22.9 Å². The van der Waals surface area contributed by atoms with E-state index >= 15 is 0 Å². The van der Waals surface area contributed by atoms with Gasteiger partial charge in [-0.2, -0.15) is 0 Å². The number of nitrogens with zero attached hydrogens (tertiary/aromatic N) is 2. The van der Waals surface area contributed by atoms with Crippen molar-refractivity contribution in [3.8, 4) is 0 Å². The quantitative estimate of drug-likeness (QED) is 0.693. The van der Waals surface area contributed by atoms with Crippen molar-refractivity contribution in [1.29, 1.82) is 0 Å². The van der Waals surface area contributed by atoms with Crippen LogP contribution in [-0.2, 0) is 9.47 Å². The van der Waals surface area contributed by atoms with Gasteiger partial charge in [-0.15, -0.1) is 11.3 Å². The lowest BCUT2D eigenvalue weighted by atomic mass is 10.2. The third-order valence-electron chi connectivity index (χ3n) is 4.93. The van der Waals surface area contributed by atoms with Gasteiger partial charge >= 0.3 is 12.0 Å². The van der Waals surface area contributed by atoms with E-state index in [0.29, 0.717) is 42.0 Å². The first-order chi connectivity index (χ1) is 14.4. The number of morpholine rings is 1. The average Bonchev–Trinajstić information content (AvgIpc) is 3.33. The second-order valence-electron chi connectivity index (χ2n) is 6.91. The summed E-state index contributed by atoms with van der Waals surface area (Å²) in [6, 6.07) is 7.55. The van der Waals surface area contributed by atoms with Gasteiger partial charge < -0.3 is 24.6 Å². The van der Waals surface area contributed by atoms with Crippen LogP contribution in [0.15, 0.2) is 30.3 Å². The van der Waals surface area contributed by atoms with E-state index in [9.17, 15) is 19.2 Å². The minimum absolute atomic E-state index is 0.0550. The maximum absolute atomic E-state index is 14.6. The van der Waals surface area contributed by atoms with E-state index in [1.807, 2.05) is 4.90 Å². The van der Waals surface area contributed by atoms with Crippen molar-refractivity contribution in [2.24, 2.45) is 0 Å². The largest absolute Gasteiger partial charge is 0.626 e. The molecule has 1 N–H and O–H groups in total. The summed E-state index contributed by atoms with van der Waals surface area (Å²) in [5.74, 6) is -1.12. The van der Waals surface area contributed by atoms with E-state index in [4.69, 9.17) is 21.1 Å². The highest BCUT2D eigenvalue weighted by molar-refractivity contribution is 7.17. The van der Waals surface area contributed by atoms with Crippen LogP contribution in [0.1, 0.15) is 9.67 Å². The molecule has 1 unspecified atom stereocenters. The molecule has 0 saturated carbocycles. The number of hydrogen-bond donors (Lipinski definition) is 1. The highest BCUT2D eigenvalue weighted by Crippen LogP contribution is 2.28. The van der Waals surface area contributed by atoms with Gasteiger partial charge in [0.15, 0.2) is 6.10 Å². The molecule has 160 valence electrons. The van der Waals surface area contributed by atoms with Crippen LogP contribution in [0.25, 0.3) is 0 Å². The number of nitrogens with one attached hydrogen (secondary N) is 1. The molecule has 30 heavy (non-hydrogen) atoms. The first kappa shape index (κ1) is 21.0. The molecule has 1 aromatic carbocycles. The summed E-state index contributed by atoms with van der Waals surface area (Å²) in [7, 11) is 0. The Morgan fingerprint density at radius 2 is 2.07 bits per heavy atom. The number of hydroxylamine groups is 2. The predicted octanol–water partition coefficient (Wildman–Crippen LogP) is 1.93. The zero-order valence-corrected chi connectivity index (χ0v) is 17.4. The molecule has 0 bridgehead atoms. The van der Waals surface area contributed by atoms with Gasteiger partial charge in [0.2, 0.25) is 0 Å². The normalized spacial score (nSPS) is 20.4. The maximum Gasteiger partial charge on any atom is 0.414 e. The van der Waals surface area contributed by atoms with Crippen molar-refractivity contribution in [3.05, 3.63) is 50.6 Å². The Bertz CT molecular complexity index is 952. The van der Waals surface area contributed by atoms with Gasteiger partial charge in [-0.25, -0.2) is 14.0 Å². The van der Waals surface area contributed by atoms with E-state index in [1.165, 1.54) is 17.0 Å². The van der Waals surface area contributed by atoms with Crippen LogP contribution < -0.4 is 14.9 Å². The lowest BCUT2D eigenvalue weighted by Crippen LogP contribution is -3.11. The molecular weight excluding hydrogens is 437 g/mol. The second-order valence-corrected chi connectivity index (χ2v) is 8.63. The van der Waals surface area contributed by atoms with E-state index in [-0.39, 0.29) is 18.0 Å². The Balaban J connectivity index is 1.40. The molecule has 2 fully saturated rings. The number of rotatable bonds is 5. The number of carbonyl (C=O) groups excluding carboxylic acids is 2. The van der Waals surface area contributed by atoms with E-state index in [0.717, 1.165) is 11.3 Å². The first-order valence-electron chi connectivity index (χ1n) is 9.35. The fourth-order valence-corrected chi connectivity index (χ4v) is 4.44. The van der Waals surface area contributed by atoms with E-state index < -0.39 is 29.0 Å². The number of ether oxygens (including phenoxy) is 2. The number of anilines is 2. The summed E-state index contributed by atoms with van der Waals surface area (Å²) in [6.07, 6.45) is -1.47. The van der Waals surface area contributed by atoms with Crippen LogP contribution in [0.2, 0.25) is 4.34 Å². The molecule has 2 aromatic rings. The lowest BCUT2D eigenvalue weighted by Gasteiger charge is -2.29. The fraction of sp³-hybridized carbons (Fsp3) is 0.368. The van der Waals surface area contributed by atoms with Crippen molar-refractivity contribution < 1.29 is 28.5 Å². The molecule has 2 atom stereocenters. The molecule has 3 heterocycles. The number of amides is 2. The number of benzene rings is 1. The summed E-state index contributed by atoms with van der Waals surface area (Å²) in [4.78, 5) is 27.8. The number of cyclic esters (lactones) is 1. The minimum Gasteiger partial charge on any atom is -0.626 e. The molecule has 0 aliphatic carbocycles. The van der Waals surface area contributed by atoms with Crippen molar-refractivity contribution >= 4 is 46.3 Å². The van der Waals surface area contributed by atoms with Crippen molar-refractivity contribution in [2.45, 2.75) is 6.10 Å². The predicted molar refractivity (Wildman–Crippen MR) is 110 cm³/mol. The molecule has 11 heteroatoms. The second kappa shape index (κ2) is 8.86. The summed E-state index contributed by atoms with van der Waals surface area (Å²) in [5, 5.41) is 11.6. The number of quaternary nitrogens is 1. The zero-order chi connectivity index (χ0) is 21.3. The van der Waals surface area contributed by atoms with Gasteiger partial charge in [-0.05, 0) is 30.3 Å². The molecule has 8 nitrogen and oxygen atoms in total. The fourth-order valence-electron chi connectivity index (χ4n) is 3.44. The molecule has 1 aromatic heterocycles. The lowest BCUT2D eigenvalue weighted by molar-refractivity contribution is -0.761. The molecule has 4 rings (SSSR count). The molecule has 2 aliphatic rings. The van der Waals surface area contributed by atoms with Gasteiger partial charge in [-0.3, -0.25) is 4.90 Å². The van der Waals surface area contributed by atoms with Gasteiger partial charge in [0.05, 0.1) is 35.5 Å². The Hall–Kier alpha value is -2.24. The highest BCUT2D eigenvalue weighted by Gasteiger charge is 2.35. The van der Waals surface area contributed by atoms with Crippen molar-refractivity contribution in [1.82, 2.24) is 0 Å². The van der Waals surface area contributed by atoms with Crippen LogP contribution in [0.5, 0.6) is 0 Å². The molecule has 2 saturated heterocycles. The average molecular weight is 456 g/mol. The summed E-state index contributed by atoms with van der Waals surface area (Å²) in [6.45, 7) is 2.06. The smallest absolute Gasteiger partial charge is 0.414 e. The Morgan fingerprint density at radius 3 is 2.73 bits per heavy atom. The zero-order valence-electron chi connectivity index (χ0n) is 15.8. The monoisotopic (exact) mass is 455 g/mol. The van der Waals surface area contributed by atoms with Crippen LogP contribution in [0, 0.1) is 11.0 Å². The maximum atomic E-state index is 14.6. The molecule has 0 spiro atoms. The Morgan fingerprint density at radius 1 is 1.30 bits per heavy atom. The van der Waals surface area contributed by atoms with Crippen LogP contribution in [0.3, 0.4) is 0 Å². The first-order valence-corrected chi connectivity index (χ1v) is 10.5. The van der Waals surface area contributed by atoms with Crippen LogP contribution in [0.4, 0.5) is 20.6 Å². The molecule has 2 amide bonds. The standard InChI is InChI=1S/C19H19ClFN3O5S/c20-17-4-3-16(30-17)18(25)24(27)11-13-10-23(19(26)29-13)12-1-2-15(14(21)9-12)22-5-7-28-8-6-22/h1-4,9,13,24H,5-8,10-11H2/t13-/m0/s1. The minimum atomic E-state index is -0.786. The van der Waals surface area contributed by atoms with Gasteiger partial charge in [-0.1, -0.05) is 11.6 Å².